The Bertz CT molecular complexity index is 773. The van der Waals surface area contributed by atoms with Crippen molar-refractivity contribution in [3.05, 3.63) is 48.5 Å². The molecular formula is C21H27N3O3. The van der Waals surface area contributed by atoms with Crippen molar-refractivity contribution in [2.45, 2.75) is 13.0 Å². The van der Waals surface area contributed by atoms with Crippen LogP contribution in [-0.2, 0) is 4.79 Å². The zero-order valence-corrected chi connectivity index (χ0v) is 16.1. The van der Waals surface area contributed by atoms with Crippen LogP contribution in [0.2, 0.25) is 0 Å². The molecule has 0 spiro atoms. The molecule has 1 saturated heterocycles. The van der Waals surface area contributed by atoms with Crippen molar-refractivity contribution in [1.29, 1.82) is 0 Å². The first-order valence-electron chi connectivity index (χ1n) is 9.19. The zero-order chi connectivity index (χ0) is 19.2. The summed E-state index contributed by atoms with van der Waals surface area (Å²) in [6.07, 6.45) is 0. The highest BCUT2D eigenvalue weighted by Gasteiger charge is 2.26. The van der Waals surface area contributed by atoms with Gasteiger partial charge in [-0.25, -0.2) is 0 Å². The summed E-state index contributed by atoms with van der Waals surface area (Å²) in [5.74, 6) is 1.61. The van der Waals surface area contributed by atoms with Crippen molar-refractivity contribution in [2.24, 2.45) is 0 Å². The molecular weight excluding hydrogens is 342 g/mol. The number of benzene rings is 2. The first-order valence-corrected chi connectivity index (χ1v) is 9.19. The van der Waals surface area contributed by atoms with E-state index in [1.54, 1.807) is 14.2 Å². The van der Waals surface area contributed by atoms with E-state index in [0.29, 0.717) is 0 Å². The lowest BCUT2D eigenvalue weighted by molar-refractivity contribution is -0.120. The molecule has 0 unspecified atom stereocenters. The molecule has 27 heavy (non-hydrogen) atoms. The Balaban J connectivity index is 1.57. The second-order valence-corrected chi connectivity index (χ2v) is 6.59. The number of carbonyl (C=O) groups excluding carboxylic acids is 1. The number of nitrogens with one attached hydrogen (secondary N) is 1. The number of piperazine rings is 1. The van der Waals surface area contributed by atoms with Gasteiger partial charge < -0.3 is 19.7 Å². The van der Waals surface area contributed by atoms with Crippen LogP contribution in [-0.4, -0.2) is 57.2 Å². The average Bonchev–Trinajstić information content (AvgIpc) is 2.73. The van der Waals surface area contributed by atoms with Gasteiger partial charge in [-0.2, -0.15) is 0 Å². The number of rotatable bonds is 6. The summed E-state index contributed by atoms with van der Waals surface area (Å²) in [4.78, 5) is 17.2. The Morgan fingerprint density at radius 2 is 1.74 bits per heavy atom. The Kier molecular flexibility index (Phi) is 6.19. The predicted molar refractivity (Wildman–Crippen MR) is 108 cm³/mol. The van der Waals surface area contributed by atoms with Gasteiger partial charge in [-0.1, -0.05) is 18.2 Å². The molecule has 1 heterocycles. The Morgan fingerprint density at radius 3 is 2.44 bits per heavy atom. The van der Waals surface area contributed by atoms with Crippen LogP contribution in [0, 0.1) is 0 Å². The molecule has 0 aromatic heterocycles. The van der Waals surface area contributed by atoms with E-state index in [-0.39, 0.29) is 11.9 Å². The van der Waals surface area contributed by atoms with Crippen LogP contribution >= 0.6 is 0 Å². The van der Waals surface area contributed by atoms with Crippen molar-refractivity contribution < 1.29 is 14.3 Å². The molecule has 1 fully saturated rings. The van der Waals surface area contributed by atoms with Crippen LogP contribution in [0.25, 0.3) is 0 Å². The normalized spacial score (nSPS) is 15.9. The molecule has 2 aromatic carbocycles. The van der Waals surface area contributed by atoms with Gasteiger partial charge in [0.1, 0.15) is 11.5 Å². The summed E-state index contributed by atoms with van der Waals surface area (Å²) >= 11 is 0. The number of methoxy groups -OCH3 is 2. The number of nitrogens with zero attached hydrogens (tertiary/aromatic N) is 2. The molecule has 1 aliphatic heterocycles. The van der Waals surface area contributed by atoms with E-state index < -0.39 is 0 Å². The third-order valence-electron chi connectivity index (χ3n) is 5.00. The number of amides is 1. The summed E-state index contributed by atoms with van der Waals surface area (Å²) in [5.41, 5.74) is 1.85. The molecule has 0 aliphatic carbocycles. The standard InChI is InChI=1S/C21H27N3O3/c1-16(21(25)22-17-7-6-8-18(15-17)26-2)23-11-13-24(14-12-23)19-9-4-5-10-20(19)27-3/h4-10,15-16H,11-14H2,1-3H3,(H,22,25)/t16-/m0/s1. The monoisotopic (exact) mass is 369 g/mol. The highest BCUT2D eigenvalue weighted by Crippen LogP contribution is 2.28. The Labute approximate surface area is 160 Å². The van der Waals surface area contributed by atoms with Crippen LogP contribution in [0.3, 0.4) is 0 Å². The molecule has 1 atom stereocenters. The van der Waals surface area contributed by atoms with E-state index in [1.807, 2.05) is 49.4 Å². The molecule has 144 valence electrons. The molecule has 0 radical (unpaired) electrons. The van der Waals surface area contributed by atoms with E-state index >= 15 is 0 Å². The number of anilines is 2. The summed E-state index contributed by atoms with van der Waals surface area (Å²) in [6.45, 7) is 5.32. The SMILES string of the molecule is COc1cccc(NC(=O)[C@H](C)N2CCN(c3ccccc3OC)CC2)c1. The van der Waals surface area contributed by atoms with Gasteiger partial charge in [-0.05, 0) is 31.2 Å². The van der Waals surface area contributed by atoms with E-state index in [0.717, 1.165) is 49.1 Å². The maximum absolute atomic E-state index is 12.6. The summed E-state index contributed by atoms with van der Waals surface area (Å²) in [6, 6.07) is 15.3. The Hall–Kier alpha value is -2.73. The molecule has 0 bridgehead atoms. The highest BCUT2D eigenvalue weighted by atomic mass is 16.5. The number of ether oxygens (including phenoxy) is 2. The largest absolute Gasteiger partial charge is 0.497 e. The van der Waals surface area contributed by atoms with Crippen molar-refractivity contribution in [3.63, 3.8) is 0 Å². The number of hydrogen-bond donors (Lipinski definition) is 1. The summed E-state index contributed by atoms with van der Waals surface area (Å²) in [7, 11) is 3.31. The van der Waals surface area contributed by atoms with Crippen LogP contribution in [0.4, 0.5) is 11.4 Å². The maximum atomic E-state index is 12.6. The maximum Gasteiger partial charge on any atom is 0.241 e. The van der Waals surface area contributed by atoms with Gasteiger partial charge in [0.05, 0.1) is 25.9 Å². The number of hydrogen-bond acceptors (Lipinski definition) is 5. The molecule has 0 saturated carbocycles. The fraction of sp³-hybridized carbons (Fsp3) is 0.381. The predicted octanol–water partition coefficient (Wildman–Crippen LogP) is 2.85. The van der Waals surface area contributed by atoms with Gasteiger partial charge in [0.25, 0.3) is 0 Å². The van der Waals surface area contributed by atoms with Gasteiger partial charge in [-0.3, -0.25) is 9.69 Å². The molecule has 6 nitrogen and oxygen atoms in total. The summed E-state index contributed by atoms with van der Waals surface area (Å²) < 4.78 is 10.7. The first-order chi connectivity index (χ1) is 13.1. The lowest BCUT2D eigenvalue weighted by atomic mass is 10.2. The molecule has 1 amide bonds. The van der Waals surface area contributed by atoms with E-state index in [4.69, 9.17) is 9.47 Å². The molecule has 1 N–H and O–H groups in total. The lowest BCUT2D eigenvalue weighted by Gasteiger charge is -2.38. The lowest BCUT2D eigenvalue weighted by Crippen LogP contribution is -2.52. The fourth-order valence-electron chi connectivity index (χ4n) is 3.35. The highest BCUT2D eigenvalue weighted by molar-refractivity contribution is 5.94. The quantitative estimate of drug-likeness (QED) is 0.849. The van der Waals surface area contributed by atoms with Gasteiger partial charge in [0.2, 0.25) is 5.91 Å². The second kappa shape index (κ2) is 8.77. The minimum absolute atomic E-state index is 0.00556. The summed E-state index contributed by atoms with van der Waals surface area (Å²) in [5, 5.41) is 2.98. The van der Waals surface area contributed by atoms with Crippen molar-refractivity contribution in [2.75, 3.05) is 50.6 Å². The minimum atomic E-state index is -0.198. The third-order valence-corrected chi connectivity index (χ3v) is 5.00. The van der Waals surface area contributed by atoms with Crippen LogP contribution in [0.1, 0.15) is 6.92 Å². The number of carbonyl (C=O) groups is 1. The third kappa shape index (κ3) is 4.52. The van der Waals surface area contributed by atoms with Crippen LogP contribution in [0.5, 0.6) is 11.5 Å². The Morgan fingerprint density at radius 1 is 1.00 bits per heavy atom. The van der Waals surface area contributed by atoms with E-state index in [1.165, 1.54) is 0 Å². The molecule has 2 aromatic rings. The first kappa shape index (κ1) is 19.0. The van der Waals surface area contributed by atoms with Crippen molar-refractivity contribution >= 4 is 17.3 Å². The molecule has 1 aliphatic rings. The van der Waals surface area contributed by atoms with Crippen LogP contribution in [0.15, 0.2) is 48.5 Å². The fourth-order valence-corrected chi connectivity index (χ4v) is 3.35. The van der Waals surface area contributed by atoms with E-state index in [9.17, 15) is 4.79 Å². The minimum Gasteiger partial charge on any atom is -0.497 e. The van der Waals surface area contributed by atoms with E-state index in [2.05, 4.69) is 21.2 Å². The van der Waals surface area contributed by atoms with Crippen LogP contribution < -0.4 is 19.7 Å². The second-order valence-electron chi connectivity index (χ2n) is 6.59. The smallest absolute Gasteiger partial charge is 0.241 e. The topological polar surface area (TPSA) is 54.0 Å². The van der Waals surface area contributed by atoms with Crippen molar-refractivity contribution in [1.82, 2.24) is 4.90 Å². The average molecular weight is 369 g/mol. The molecule has 3 rings (SSSR count). The van der Waals surface area contributed by atoms with Gasteiger partial charge in [-0.15, -0.1) is 0 Å². The molecule has 6 heteroatoms. The van der Waals surface area contributed by atoms with Gasteiger partial charge >= 0.3 is 0 Å². The van der Waals surface area contributed by atoms with Crippen molar-refractivity contribution in [3.8, 4) is 11.5 Å². The van der Waals surface area contributed by atoms with Gasteiger partial charge in [0.15, 0.2) is 0 Å². The zero-order valence-electron chi connectivity index (χ0n) is 16.1. The van der Waals surface area contributed by atoms with Gasteiger partial charge in [0, 0.05) is 37.9 Å². The number of para-hydroxylation sites is 2.